The summed E-state index contributed by atoms with van der Waals surface area (Å²) in [6.07, 6.45) is 0. The zero-order chi connectivity index (χ0) is 13.4. The summed E-state index contributed by atoms with van der Waals surface area (Å²) in [4.78, 5) is 4.60. The monoisotopic (exact) mass is 265 g/mol. The van der Waals surface area contributed by atoms with Crippen molar-refractivity contribution in [1.29, 1.82) is 5.26 Å². The molecule has 2 aromatic carbocycles. The van der Waals surface area contributed by atoms with Gasteiger partial charge in [0, 0.05) is 11.3 Å². The van der Waals surface area contributed by atoms with Gasteiger partial charge in [-0.25, -0.2) is 4.98 Å². The van der Waals surface area contributed by atoms with E-state index in [4.69, 9.17) is 11.0 Å². The number of nitriles is 1. The molecule has 1 heterocycles. The molecule has 0 aliphatic carbocycles. The number of nitrogens with two attached hydrogens (primary N) is 1. The van der Waals surface area contributed by atoms with Gasteiger partial charge in [0.05, 0.1) is 21.8 Å². The molecule has 0 saturated heterocycles. The van der Waals surface area contributed by atoms with Gasteiger partial charge in [0.15, 0.2) is 0 Å². The minimum atomic E-state index is 0.703. The van der Waals surface area contributed by atoms with Crippen LogP contribution in [-0.4, -0.2) is 4.98 Å². The molecule has 0 unspecified atom stereocenters. The first-order valence-corrected chi connectivity index (χ1v) is 6.66. The van der Waals surface area contributed by atoms with Crippen molar-refractivity contribution in [2.24, 2.45) is 0 Å². The standard InChI is InChI=1S/C15H11N3S/c1-9-6-10(2-3-11(9)8-16)15-18-13-7-12(17)4-5-14(13)19-15/h2-7H,17H2,1H3. The summed E-state index contributed by atoms with van der Waals surface area (Å²) in [6.45, 7) is 1.94. The van der Waals surface area contributed by atoms with Gasteiger partial charge in [0.1, 0.15) is 5.01 Å². The Hall–Kier alpha value is -2.38. The Morgan fingerprint density at radius 2 is 2.05 bits per heavy atom. The summed E-state index contributed by atoms with van der Waals surface area (Å²) >= 11 is 1.63. The second kappa shape index (κ2) is 4.38. The van der Waals surface area contributed by atoms with Crippen LogP contribution in [0.25, 0.3) is 20.8 Å². The van der Waals surface area contributed by atoms with Crippen LogP contribution in [0.5, 0.6) is 0 Å². The van der Waals surface area contributed by atoms with Gasteiger partial charge in [-0.15, -0.1) is 11.3 Å². The molecule has 0 radical (unpaired) electrons. The number of rotatable bonds is 1. The summed E-state index contributed by atoms with van der Waals surface area (Å²) < 4.78 is 1.12. The molecule has 19 heavy (non-hydrogen) atoms. The zero-order valence-corrected chi connectivity index (χ0v) is 11.2. The maximum atomic E-state index is 8.95. The fourth-order valence-corrected chi connectivity index (χ4v) is 2.93. The van der Waals surface area contributed by atoms with Crippen LogP contribution in [0, 0.1) is 18.3 Å². The lowest BCUT2D eigenvalue weighted by Gasteiger charge is -2.00. The summed E-state index contributed by atoms with van der Waals surface area (Å²) in [5.74, 6) is 0. The molecule has 0 atom stereocenters. The molecule has 0 saturated carbocycles. The molecule has 0 fully saturated rings. The van der Waals surface area contributed by atoms with E-state index in [-0.39, 0.29) is 0 Å². The number of hydrogen-bond acceptors (Lipinski definition) is 4. The van der Waals surface area contributed by atoms with Gasteiger partial charge < -0.3 is 5.73 Å². The Morgan fingerprint density at radius 3 is 2.79 bits per heavy atom. The number of aromatic nitrogens is 1. The molecular weight excluding hydrogens is 254 g/mol. The molecule has 0 aliphatic heterocycles. The van der Waals surface area contributed by atoms with Crippen LogP contribution in [0.2, 0.25) is 0 Å². The lowest BCUT2D eigenvalue weighted by Crippen LogP contribution is -1.84. The van der Waals surface area contributed by atoms with Crippen molar-refractivity contribution in [3.8, 4) is 16.6 Å². The van der Waals surface area contributed by atoms with Crippen molar-refractivity contribution >= 4 is 27.2 Å². The van der Waals surface area contributed by atoms with E-state index < -0.39 is 0 Å². The Kier molecular flexibility index (Phi) is 2.69. The summed E-state index contributed by atoms with van der Waals surface area (Å²) in [5, 5.41) is 9.90. The molecule has 92 valence electrons. The van der Waals surface area contributed by atoms with Crippen molar-refractivity contribution < 1.29 is 0 Å². The topological polar surface area (TPSA) is 62.7 Å². The van der Waals surface area contributed by atoms with E-state index in [1.54, 1.807) is 11.3 Å². The highest BCUT2D eigenvalue weighted by Gasteiger charge is 2.08. The average Bonchev–Trinajstić information content (AvgIpc) is 2.81. The van der Waals surface area contributed by atoms with Gasteiger partial charge in [0.25, 0.3) is 0 Å². The number of thiazole rings is 1. The molecular formula is C15H11N3S. The van der Waals surface area contributed by atoms with Gasteiger partial charge in [0.2, 0.25) is 0 Å². The third-order valence-electron chi connectivity index (χ3n) is 3.01. The SMILES string of the molecule is Cc1cc(-c2nc3cc(N)ccc3s2)ccc1C#N. The molecule has 3 nitrogen and oxygen atoms in total. The van der Waals surface area contributed by atoms with Crippen LogP contribution in [-0.2, 0) is 0 Å². The molecule has 3 aromatic rings. The molecule has 3 rings (SSSR count). The summed E-state index contributed by atoms with van der Waals surface area (Å²) in [7, 11) is 0. The van der Waals surface area contributed by atoms with Crippen molar-refractivity contribution in [2.45, 2.75) is 6.92 Å². The van der Waals surface area contributed by atoms with E-state index in [0.29, 0.717) is 5.56 Å². The van der Waals surface area contributed by atoms with Crippen LogP contribution in [0.15, 0.2) is 36.4 Å². The Morgan fingerprint density at radius 1 is 1.21 bits per heavy atom. The summed E-state index contributed by atoms with van der Waals surface area (Å²) in [6, 6.07) is 13.7. The number of aryl methyl sites for hydroxylation is 1. The molecule has 0 aliphatic rings. The van der Waals surface area contributed by atoms with Crippen LogP contribution < -0.4 is 5.73 Å². The number of fused-ring (bicyclic) bond motifs is 1. The Bertz CT molecular complexity index is 812. The van der Waals surface area contributed by atoms with Crippen molar-refractivity contribution in [3.63, 3.8) is 0 Å². The fourth-order valence-electron chi connectivity index (χ4n) is 1.99. The molecule has 0 spiro atoms. The zero-order valence-electron chi connectivity index (χ0n) is 10.3. The quantitative estimate of drug-likeness (QED) is 0.682. The van der Waals surface area contributed by atoms with E-state index >= 15 is 0 Å². The number of anilines is 1. The van der Waals surface area contributed by atoms with E-state index in [9.17, 15) is 0 Å². The van der Waals surface area contributed by atoms with E-state index in [2.05, 4.69) is 11.1 Å². The molecule has 2 N–H and O–H groups in total. The Labute approximate surface area is 114 Å². The fraction of sp³-hybridized carbons (Fsp3) is 0.0667. The molecule has 1 aromatic heterocycles. The normalized spacial score (nSPS) is 10.5. The lowest BCUT2D eigenvalue weighted by atomic mass is 10.1. The van der Waals surface area contributed by atoms with Crippen LogP contribution >= 0.6 is 11.3 Å². The van der Waals surface area contributed by atoms with Crippen LogP contribution in [0.4, 0.5) is 5.69 Å². The first-order chi connectivity index (χ1) is 9.17. The number of benzene rings is 2. The molecule has 0 amide bonds. The van der Waals surface area contributed by atoms with Crippen molar-refractivity contribution in [1.82, 2.24) is 4.98 Å². The van der Waals surface area contributed by atoms with Crippen LogP contribution in [0.1, 0.15) is 11.1 Å². The number of nitrogens with zero attached hydrogens (tertiary/aromatic N) is 2. The number of nitrogen functional groups attached to an aromatic ring is 1. The number of hydrogen-bond donors (Lipinski definition) is 1. The van der Waals surface area contributed by atoms with Crippen molar-refractivity contribution in [3.05, 3.63) is 47.5 Å². The van der Waals surface area contributed by atoms with Gasteiger partial charge in [-0.1, -0.05) is 6.07 Å². The largest absolute Gasteiger partial charge is 0.399 e. The summed E-state index contributed by atoms with van der Waals surface area (Å²) in [5.41, 5.74) is 10.1. The van der Waals surface area contributed by atoms with Gasteiger partial charge in [-0.2, -0.15) is 5.26 Å². The van der Waals surface area contributed by atoms with E-state index in [0.717, 1.165) is 32.0 Å². The van der Waals surface area contributed by atoms with Crippen molar-refractivity contribution in [2.75, 3.05) is 5.73 Å². The predicted molar refractivity (Wildman–Crippen MR) is 78.9 cm³/mol. The molecule has 4 heteroatoms. The maximum Gasteiger partial charge on any atom is 0.124 e. The maximum absolute atomic E-state index is 8.95. The first-order valence-electron chi connectivity index (χ1n) is 5.84. The molecule has 0 bridgehead atoms. The highest BCUT2D eigenvalue weighted by atomic mass is 32.1. The third-order valence-corrected chi connectivity index (χ3v) is 4.09. The minimum Gasteiger partial charge on any atom is -0.399 e. The third kappa shape index (κ3) is 2.05. The van der Waals surface area contributed by atoms with Crippen LogP contribution in [0.3, 0.4) is 0 Å². The second-order valence-electron chi connectivity index (χ2n) is 4.39. The van der Waals surface area contributed by atoms with Gasteiger partial charge in [-0.3, -0.25) is 0 Å². The average molecular weight is 265 g/mol. The minimum absolute atomic E-state index is 0.703. The highest BCUT2D eigenvalue weighted by molar-refractivity contribution is 7.21. The highest BCUT2D eigenvalue weighted by Crippen LogP contribution is 2.31. The predicted octanol–water partition coefficient (Wildman–Crippen LogP) is 3.73. The Balaban J connectivity index is 2.14. The van der Waals surface area contributed by atoms with Gasteiger partial charge in [-0.05, 0) is 42.8 Å². The van der Waals surface area contributed by atoms with E-state index in [1.807, 2.05) is 43.3 Å². The lowest BCUT2D eigenvalue weighted by molar-refractivity contribution is 1.38. The van der Waals surface area contributed by atoms with Gasteiger partial charge >= 0.3 is 0 Å². The first kappa shape index (κ1) is 11.7. The second-order valence-corrected chi connectivity index (χ2v) is 5.42. The smallest absolute Gasteiger partial charge is 0.124 e. The van der Waals surface area contributed by atoms with E-state index in [1.165, 1.54) is 0 Å².